The highest BCUT2D eigenvalue weighted by Gasteiger charge is 2.20. The van der Waals surface area contributed by atoms with E-state index >= 15 is 0 Å². The van der Waals surface area contributed by atoms with E-state index in [4.69, 9.17) is 15.2 Å². The van der Waals surface area contributed by atoms with Crippen LogP contribution in [0.25, 0.3) is 0 Å². The summed E-state index contributed by atoms with van der Waals surface area (Å²) in [4.78, 5) is 47.0. The number of rotatable bonds is 37. The Kier molecular flexibility index (Phi) is 35.4. The molecule has 48 heavy (non-hydrogen) atoms. The van der Waals surface area contributed by atoms with Gasteiger partial charge in [-0.2, -0.15) is 11.8 Å². The largest absolute Gasteiger partial charge is 0.462 e. The molecule has 0 saturated heterocycles. The molecule has 0 aliphatic carbocycles. The van der Waals surface area contributed by atoms with Crippen LogP contribution in [0.1, 0.15) is 194 Å². The highest BCUT2D eigenvalue weighted by Crippen LogP contribution is 2.16. The molecule has 9 heteroatoms. The van der Waals surface area contributed by atoms with Crippen molar-refractivity contribution in [3.05, 3.63) is 0 Å². The third-order valence-corrected chi connectivity index (χ3v) is 9.97. The van der Waals surface area contributed by atoms with Gasteiger partial charge in [0, 0.05) is 24.3 Å². The molecule has 282 valence electrons. The molecule has 0 aromatic rings. The minimum atomic E-state index is -0.972. The zero-order valence-electron chi connectivity index (χ0n) is 31.0. The molecule has 2 N–H and O–H groups in total. The van der Waals surface area contributed by atoms with Crippen molar-refractivity contribution in [2.75, 3.05) is 18.1 Å². The van der Waals surface area contributed by atoms with E-state index < -0.39 is 18.1 Å². The van der Waals surface area contributed by atoms with Crippen LogP contribution in [0.2, 0.25) is 0 Å². The second kappa shape index (κ2) is 36.7. The van der Waals surface area contributed by atoms with Gasteiger partial charge in [0.1, 0.15) is 18.8 Å². The molecule has 0 fully saturated rings. The van der Waals surface area contributed by atoms with Crippen LogP contribution in [0.15, 0.2) is 0 Å². The van der Waals surface area contributed by atoms with Gasteiger partial charge in [-0.05, 0) is 12.8 Å². The first-order chi connectivity index (χ1) is 23.4. The lowest BCUT2D eigenvalue weighted by atomic mass is 10.0. The minimum Gasteiger partial charge on any atom is -0.462 e. The summed E-state index contributed by atoms with van der Waals surface area (Å²) in [7, 11) is 0. The zero-order chi connectivity index (χ0) is 35.3. The van der Waals surface area contributed by atoms with Crippen molar-refractivity contribution in [1.82, 2.24) is 0 Å². The fourth-order valence-corrected chi connectivity index (χ4v) is 6.68. The van der Waals surface area contributed by atoms with Crippen molar-refractivity contribution < 1.29 is 33.4 Å². The Hall–Kier alpha value is -1.61. The summed E-state index contributed by atoms with van der Waals surface area (Å²) in [5.41, 5.74) is 5.77. The molecule has 0 spiro atoms. The summed E-state index contributed by atoms with van der Waals surface area (Å²) in [6.45, 7) is 4.54. The van der Waals surface area contributed by atoms with Gasteiger partial charge in [0.05, 0.1) is 0 Å². The third kappa shape index (κ3) is 32.9. The Labute approximate surface area is 298 Å². The number of carbonyl (C=O) groups excluding carboxylic acids is 4. The number of hydrogen-bond donors (Lipinski definition) is 1. The molecule has 0 aliphatic heterocycles. The van der Waals surface area contributed by atoms with Crippen LogP contribution in [0.5, 0.6) is 0 Å². The molecule has 0 heterocycles. The van der Waals surface area contributed by atoms with Gasteiger partial charge in [-0.3, -0.25) is 14.4 Å². The Morgan fingerprint density at radius 2 is 0.938 bits per heavy atom. The van der Waals surface area contributed by atoms with Crippen molar-refractivity contribution in [3.63, 3.8) is 0 Å². The average Bonchev–Trinajstić information content (AvgIpc) is 3.07. The summed E-state index contributed by atoms with van der Waals surface area (Å²) < 4.78 is 15.5. The lowest BCUT2D eigenvalue weighted by Crippen LogP contribution is -2.35. The Morgan fingerprint density at radius 1 is 0.562 bits per heavy atom. The molecule has 8 nitrogen and oxygen atoms in total. The first kappa shape index (κ1) is 46.4. The predicted octanol–water partition coefficient (Wildman–Crippen LogP) is 10.2. The minimum absolute atomic E-state index is 0.0252. The van der Waals surface area contributed by atoms with E-state index in [2.05, 4.69) is 18.6 Å². The number of carbonyl (C=O) groups is 4. The summed E-state index contributed by atoms with van der Waals surface area (Å²) in [5.74, 6) is -0.893. The van der Waals surface area contributed by atoms with Crippen LogP contribution in [-0.4, -0.2) is 54.6 Å². The Bertz CT molecular complexity index is 767. The maximum absolute atomic E-state index is 12.6. The number of esters is 3. The lowest BCUT2D eigenvalue weighted by molar-refractivity contribution is -0.157. The number of unbranched alkanes of at least 4 members (excludes halogenated alkanes) is 24. The van der Waals surface area contributed by atoms with Crippen LogP contribution in [0.3, 0.4) is 0 Å². The van der Waals surface area contributed by atoms with Crippen molar-refractivity contribution in [3.8, 4) is 0 Å². The summed E-state index contributed by atoms with van der Waals surface area (Å²) in [6, 6.07) is -0.972. The summed E-state index contributed by atoms with van der Waals surface area (Å²) >= 11 is 1.29. The number of thioether (sulfide) groups is 1. The first-order valence-electron chi connectivity index (χ1n) is 19.8. The van der Waals surface area contributed by atoms with Crippen LogP contribution in [0, 0.1) is 0 Å². The lowest BCUT2D eigenvalue weighted by Gasteiger charge is -2.18. The molecule has 0 aliphatic rings. The number of ether oxygens (including phenoxy) is 3. The highest BCUT2D eigenvalue weighted by atomic mass is 32.2. The summed E-state index contributed by atoms with van der Waals surface area (Å²) in [6.07, 6.45) is 32.3. The molecule has 0 rings (SSSR count). The molecule has 0 aromatic carbocycles. The Balaban J connectivity index is 4.20. The topological polar surface area (TPSA) is 122 Å². The van der Waals surface area contributed by atoms with Crippen LogP contribution in [-0.2, 0) is 33.4 Å². The number of hydrogen-bond acceptors (Lipinski definition) is 9. The average molecular weight is 700 g/mol. The van der Waals surface area contributed by atoms with E-state index in [1.807, 2.05) is 0 Å². The van der Waals surface area contributed by atoms with Gasteiger partial charge in [-0.1, -0.05) is 168 Å². The van der Waals surface area contributed by atoms with Crippen molar-refractivity contribution >= 4 is 36.1 Å². The van der Waals surface area contributed by atoms with E-state index in [1.165, 1.54) is 140 Å². The molecule has 0 radical (unpaired) electrons. The SMILES string of the molecule is CCCCCCCCCCCCCCCC(=O)OC[C@H](CSC[C@H](N)C(=O)OC=O)OC(=O)CCCCCCCCCCCCCCC. The molecule has 0 aromatic heterocycles. The van der Waals surface area contributed by atoms with Crippen LogP contribution < -0.4 is 5.73 Å². The van der Waals surface area contributed by atoms with E-state index in [-0.39, 0.29) is 30.8 Å². The third-order valence-electron chi connectivity index (χ3n) is 8.77. The summed E-state index contributed by atoms with van der Waals surface area (Å²) in [5, 5.41) is 0. The van der Waals surface area contributed by atoms with Crippen molar-refractivity contribution in [1.29, 1.82) is 0 Å². The second-order valence-corrected chi connectivity index (χ2v) is 14.5. The van der Waals surface area contributed by atoms with Gasteiger partial charge in [0.25, 0.3) is 0 Å². The maximum atomic E-state index is 12.6. The predicted molar refractivity (Wildman–Crippen MR) is 199 cm³/mol. The van der Waals surface area contributed by atoms with Gasteiger partial charge in [0.2, 0.25) is 0 Å². The molecular weight excluding hydrogens is 626 g/mol. The fraction of sp³-hybridized carbons (Fsp3) is 0.897. The fourth-order valence-electron chi connectivity index (χ4n) is 5.72. The van der Waals surface area contributed by atoms with Gasteiger partial charge >= 0.3 is 24.4 Å². The van der Waals surface area contributed by atoms with Crippen molar-refractivity contribution in [2.24, 2.45) is 5.73 Å². The molecule has 0 bridgehead atoms. The molecule has 0 amide bonds. The maximum Gasteiger partial charge on any atom is 0.331 e. The van der Waals surface area contributed by atoms with E-state index in [0.29, 0.717) is 18.6 Å². The van der Waals surface area contributed by atoms with Gasteiger partial charge in [-0.15, -0.1) is 0 Å². The van der Waals surface area contributed by atoms with E-state index in [9.17, 15) is 19.2 Å². The first-order valence-corrected chi connectivity index (χ1v) is 20.9. The normalized spacial score (nSPS) is 12.4. The molecule has 2 atom stereocenters. The quantitative estimate of drug-likeness (QED) is 0.0222. The van der Waals surface area contributed by atoms with Gasteiger partial charge < -0.3 is 19.9 Å². The monoisotopic (exact) mass is 700 g/mol. The van der Waals surface area contributed by atoms with Crippen LogP contribution in [0.4, 0.5) is 0 Å². The van der Waals surface area contributed by atoms with Gasteiger partial charge in [0.15, 0.2) is 0 Å². The standard InChI is InChI=1S/C39H73NO7S/c1-3-5-7-9-11-13-15-17-19-21-23-25-27-29-37(42)45-31-35(32-48-33-36(40)39(44)46-34-41)47-38(43)30-28-26-24-22-20-18-16-14-12-10-8-6-4-2/h34-36H,3-33,40H2,1-2H3/t35-,36+/m1/s1. The van der Waals surface area contributed by atoms with E-state index in [0.717, 1.165) is 38.5 Å². The van der Waals surface area contributed by atoms with Gasteiger partial charge in [-0.25, -0.2) is 4.79 Å². The molecular formula is C39H73NO7S. The second-order valence-electron chi connectivity index (χ2n) is 13.5. The van der Waals surface area contributed by atoms with E-state index in [1.54, 1.807) is 0 Å². The molecule has 0 unspecified atom stereocenters. The smallest absolute Gasteiger partial charge is 0.331 e. The highest BCUT2D eigenvalue weighted by molar-refractivity contribution is 7.99. The van der Waals surface area contributed by atoms with Crippen molar-refractivity contribution in [2.45, 2.75) is 206 Å². The molecule has 0 saturated carbocycles. The van der Waals surface area contributed by atoms with Crippen LogP contribution >= 0.6 is 11.8 Å². The zero-order valence-corrected chi connectivity index (χ0v) is 31.8. The Morgan fingerprint density at radius 3 is 1.33 bits per heavy atom. The number of nitrogens with two attached hydrogens (primary N) is 1.